The van der Waals surface area contributed by atoms with Crippen LogP contribution in [0.2, 0.25) is 0 Å². The number of nitrogens with zero attached hydrogens (tertiary/aromatic N) is 1. The predicted octanol–water partition coefficient (Wildman–Crippen LogP) is 0.400. The molecule has 58 valence electrons. The fraction of sp³-hybridized carbons (Fsp3) is 0. The van der Waals surface area contributed by atoms with Gasteiger partial charge in [-0.15, -0.1) is 0 Å². The van der Waals surface area contributed by atoms with E-state index in [9.17, 15) is 9.59 Å². The van der Waals surface area contributed by atoms with E-state index >= 15 is 0 Å². The SMILES string of the molecule is C=C(I)n1ccc(=O)[nH]c1=O. The van der Waals surface area contributed by atoms with Crippen LogP contribution < -0.4 is 11.2 Å². The van der Waals surface area contributed by atoms with Crippen LogP contribution in [0.4, 0.5) is 0 Å². The first-order valence-electron chi connectivity index (χ1n) is 2.78. The van der Waals surface area contributed by atoms with Gasteiger partial charge in [-0.25, -0.2) is 4.79 Å². The highest BCUT2D eigenvalue weighted by Crippen LogP contribution is 2.04. The Hall–Kier alpha value is -0.850. The minimum absolute atomic E-state index is 0.399. The van der Waals surface area contributed by atoms with Crippen LogP contribution in [0.15, 0.2) is 28.4 Å². The van der Waals surface area contributed by atoms with Gasteiger partial charge in [0.1, 0.15) is 0 Å². The van der Waals surface area contributed by atoms with Crippen molar-refractivity contribution in [3.63, 3.8) is 0 Å². The molecule has 0 atom stereocenters. The van der Waals surface area contributed by atoms with Gasteiger partial charge >= 0.3 is 5.69 Å². The molecule has 0 aliphatic heterocycles. The minimum Gasteiger partial charge on any atom is -0.274 e. The van der Waals surface area contributed by atoms with Crippen molar-refractivity contribution in [2.45, 2.75) is 0 Å². The quantitative estimate of drug-likeness (QED) is 0.746. The van der Waals surface area contributed by atoms with Crippen LogP contribution in [0.3, 0.4) is 0 Å². The maximum atomic E-state index is 10.9. The maximum absolute atomic E-state index is 10.9. The summed E-state index contributed by atoms with van der Waals surface area (Å²) in [5, 5.41) is 0. The molecule has 0 aliphatic carbocycles. The molecule has 1 rings (SSSR count). The molecule has 1 aromatic rings. The lowest BCUT2D eigenvalue weighted by Crippen LogP contribution is -2.26. The third-order valence-electron chi connectivity index (χ3n) is 1.09. The van der Waals surface area contributed by atoms with Gasteiger partial charge in [0.2, 0.25) is 0 Å². The number of hydrogen-bond acceptors (Lipinski definition) is 2. The van der Waals surface area contributed by atoms with Crippen molar-refractivity contribution in [1.29, 1.82) is 0 Å². The Labute approximate surface area is 75.7 Å². The van der Waals surface area contributed by atoms with Crippen LogP contribution in [-0.2, 0) is 0 Å². The van der Waals surface area contributed by atoms with Gasteiger partial charge in [0.05, 0.1) is 3.70 Å². The van der Waals surface area contributed by atoms with E-state index in [0.717, 1.165) is 0 Å². The van der Waals surface area contributed by atoms with Crippen LogP contribution in [0.25, 0.3) is 3.70 Å². The van der Waals surface area contributed by atoms with Gasteiger partial charge in [-0.05, 0) is 22.6 Å². The van der Waals surface area contributed by atoms with Gasteiger partial charge in [0.25, 0.3) is 5.56 Å². The summed E-state index contributed by atoms with van der Waals surface area (Å²) in [6.45, 7) is 3.54. The fourth-order valence-electron chi connectivity index (χ4n) is 0.608. The molecule has 1 heterocycles. The Morgan fingerprint density at radius 2 is 2.27 bits per heavy atom. The van der Waals surface area contributed by atoms with Gasteiger partial charge < -0.3 is 0 Å². The van der Waals surface area contributed by atoms with Crippen molar-refractivity contribution < 1.29 is 0 Å². The lowest BCUT2D eigenvalue weighted by atomic mass is 10.6. The number of aromatic nitrogens is 2. The van der Waals surface area contributed by atoms with Crippen molar-refractivity contribution in [3.8, 4) is 0 Å². The van der Waals surface area contributed by atoms with E-state index < -0.39 is 11.2 Å². The predicted molar refractivity (Wildman–Crippen MR) is 50.7 cm³/mol. The minimum atomic E-state index is -0.461. The highest BCUT2D eigenvalue weighted by molar-refractivity contribution is 14.1. The van der Waals surface area contributed by atoms with E-state index in [-0.39, 0.29) is 0 Å². The van der Waals surface area contributed by atoms with Gasteiger partial charge in [0, 0.05) is 12.3 Å². The summed E-state index contributed by atoms with van der Waals surface area (Å²) >= 11 is 1.89. The molecule has 1 N–H and O–H groups in total. The molecule has 0 saturated heterocycles. The van der Waals surface area contributed by atoms with Crippen molar-refractivity contribution in [2.75, 3.05) is 0 Å². The molecule has 0 radical (unpaired) electrons. The molecule has 0 saturated carbocycles. The lowest BCUT2D eigenvalue weighted by molar-refractivity contribution is 0.936. The van der Waals surface area contributed by atoms with Crippen LogP contribution in [0, 0.1) is 0 Å². The molecular weight excluding hydrogens is 259 g/mol. The highest BCUT2D eigenvalue weighted by atomic mass is 127. The van der Waals surface area contributed by atoms with Crippen molar-refractivity contribution >= 4 is 26.3 Å². The summed E-state index contributed by atoms with van der Waals surface area (Å²) in [5.74, 6) is 0. The van der Waals surface area contributed by atoms with E-state index in [1.54, 1.807) is 0 Å². The van der Waals surface area contributed by atoms with E-state index in [4.69, 9.17) is 0 Å². The highest BCUT2D eigenvalue weighted by Gasteiger charge is 1.95. The standard InChI is InChI=1S/C6H5IN2O2/c1-4(7)9-3-2-5(10)8-6(9)11/h2-3H,1H2,(H,8,10,11). The Morgan fingerprint density at radius 3 is 2.73 bits per heavy atom. The van der Waals surface area contributed by atoms with Gasteiger partial charge in [-0.2, -0.15) is 0 Å². The lowest BCUT2D eigenvalue weighted by Gasteiger charge is -1.98. The first-order valence-corrected chi connectivity index (χ1v) is 3.86. The number of aromatic amines is 1. The molecule has 1 aromatic heterocycles. The molecule has 0 unspecified atom stereocenters. The fourth-order valence-corrected chi connectivity index (χ4v) is 0.988. The zero-order valence-electron chi connectivity index (χ0n) is 5.50. The third kappa shape index (κ3) is 1.79. The van der Waals surface area contributed by atoms with Crippen molar-refractivity contribution in [3.05, 3.63) is 39.7 Å². The van der Waals surface area contributed by atoms with Crippen molar-refractivity contribution in [2.24, 2.45) is 0 Å². The molecule has 0 aromatic carbocycles. The zero-order valence-corrected chi connectivity index (χ0v) is 7.66. The summed E-state index contributed by atoms with van der Waals surface area (Å²) < 4.78 is 1.80. The molecule has 5 heteroatoms. The van der Waals surface area contributed by atoms with E-state index in [1.165, 1.54) is 16.8 Å². The monoisotopic (exact) mass is 264 g/mol. The van der Waals surface area contributed by atoms with Gasteiger partial charge in [0.15, 0.2) is 0 Å². The number of nitrogens with one attached hydrogen (secondary N) is 1. The second-order valence-corrected chi connectivity index (χ2v) is 3.10. The third-order valence-corrected chi connectivity index (χ3v) is 1.61. The summed E-state index contributed by atoms with van der Waals surface area (Å²) in [7, 11) is 0. The zero-order chi connectivity index (χ0) is 8.43. The first-order chi connectivity index (χ1) is 5.11. The molecule has 0 amide bonds. The van der Waals surface area contributed by atoms with Crippen LogP contribution in [-0.4, -0.2) is 9.55 Å². The largest absolute Gasteiger partial charge is 0.333 e. The number of hydrogen-bond donors (Lipinski definition) is 1. The topological polar surface area (TPSA) is 54.9 Å². The van der Waals surface area contributed by atoms with Gasteiger partial charge in [-0.3, -0.25) is 14.3 Å². The molecule has 0 spiro atoms. The van der Waals surface area contributed by atoms with E-state index in [1.807, 2.05) is 22.6 Å². The molecule has 4 nitrogen and oxygen atoms in total. The summed E-state index contributed by atoms with van der Waals surface area (Å²) in [6.07, 6.45) is 1.38. The smallest absolute Gasteiger partial charge is 0.274 e. The Morgan fingerprint density at radius 1 is 1.64 bits per heavy atom. The molecule has 0 fully saturated rings. The van der Waals surface area contributed by atoms with Crippen LogP contribution >= 0.6 is 22.6 Å². The average molecular weight is 264 g/mol. The van der Waals surface area contributed by atoms with Crippen molar-refractivity contribution in [1.82, 2.24) is 9.55 Å². The number of H-pyrrole nitrogens is 1. The second kappa shape index (κ2) is 3.04. The maximum Gasteiger partial charge on any atom is 0.333 e. The second-order valence-electron chi connectivity index (χ2n) is 1.86. The number of halogens is 1. The first kappa shape index (κ1) is 8.25. The molecule has 11 heavy (non-hydrogen) atoms. The summed E-state index contributed by atoms with van der Waals surface area (Å²) in [4.78, 5) is 23.6. The Bertz CT molecular complexity index is 390. The Kier molecular flexibility index (Phi) is 2.28. The van der Waals surface area contributed by atoms with Crippen LogP contribution in [0.1, 0.15) is 0 Å². The summed E-state index contributed by atoms with van der Waals surface area (Å²) in [6, 6.07) is 1.27. The van der Waals surface area contributed by atoms with E-state index in [0.29, 0.717) is 3.70 Å². The molecule has 0 bridgehead atoms. The van der Waals surface area contributed by atoms with Crippen LogP contribution in [0.5, 0.6) is 0 Å². The molecular formula is C6H5IN2O2. The Balaban J connectivity index is 3.43. The van der Waals surface area contributed by atoms with Gasteiger partial charge in [-0.1, -0.05) is 6.58 Å². The summed E-state index contributed by atoms with van der Waals surface area (Å²) in [5.41, 5.74) is -0.860. The van der Waals surface area contributed by atoms with E-state index in [2.05, 4.69) is 11.6 Å². The average Bonchev–Trinajstić information content (AvgIpc) is 1.85. The molecule has 0 aliphatic rings. The normalized spacial score (nSPS) is 9.55. The number of rotatable bonds is 1.